The Bertz CT molecular complexity index is 560. The van der Waals surface area contributed by atoms with Crippen molar-refractivity contribution in [1.82, 2.24) is 0 Å². The van der Waals surface area contributed by atoms with Crippen molar-refractivity contribution >= 4 is 29.5 Å². The predicted molar refractivity (Wildman–Crippen MR) is 87.9 cm³/mol. The summed E-state index contributed by atoms with van der Waals surface area (Å²) in [6, 6.07) is 3.84. The molecule has 1 aromatic carbocycles. The Hall–Kier alpha value is -2.41. The number of rotatable bonds is 9. The SMILES string of the molecule is COC(=O)c1ccc(NC(=O)C(N)CCCCCC=O)c(N)c1. The van der Waals surface area contributed by atoms with E-state index in [1.54, 1.807) is 0 Å². The summed E-state index contributed by atoms with van der Waals surface area (Å²) in [5, 5.41) is 2.65. The van der Waals surface area contributed by atoms with E-state index in [0.29, 0.717) is 24.1 Å². The standard InChI is InChI=1S/C16H23N3O4/c1-23-16(22)11-7-8-14(13(18)10-11)19-15(21)12(17)6-4-2-3-5-9-20/h7-10,12H,2-6,17-18H2,1H3,(H,19,21). The van der Waals surface area contributed by atoms with E-state index in [2.05, 4.69) is 10.1 Å². The number of amides is 1. The highest BCUT2D eigenvalue weighted by Crippen LogP contribution is 2.20. The van der Waals surface area contributed by atoms with Gasteiger partial charge < -0.3 is 26.3 Å². The van der Waals surface area contributed by atoms with Gasteiger partial charge in [0.05, 0.1) is 30.1 Å². The Kier molecular flexibility index (Phi) is 7.76. The average Bonchev–Trinajstić information content (AvgIpc) is 2.55. The third-order valence-electron chi connectivity index (χ3n) is 3.40. The monoisotopic (exact) mass is 321 g/mol. The van der Waals surface area contributed by atoms with Gasteiger partial charge in [0, 0.05) is 6.42 Å². The van der Waals surface area contributed by atoms with Gasteiger partial charge in [-0.3, -0.25) is 4.79 Å². The number of nitrogens with two attached hydrogens (primary N) is 2. The maximum atomic E-state index is 12.0. The summed E-state index contributed by atoms with van der Waals surface area (Å²) in [6.07, 6.45) is 4.39. The molecule has 126 valence electrons. The van der Waals surface area contributed by atoms with Crippen LogP contribution in [0.1, 0.15) is 42.5 Å². The third-order valence-corrected chi connectivity index (χ3v) is 3.40. The van der Waals surface area contributed by atoms with Crippen LogP contribution in [0.4, 0.5) is 11.4 Å². The topological polar surface area (TPSA) is 125 Å². The van der Waals surface area contributed by atoms with Crippen molar-refractivity contribution in [3.05, 3.63) is 23.8 Å². The summed E-state index contributed by atoms with van der Waals surface area (Å²) in [7, 11) is 1.28. The fraction of sp³-hybridized carbons (Fsp3) is 0.438. The fourth-order valence-corrected chi connectivity index (χ4v) is 2.05. The summed E-state index contributed by atoms with van der Waals surface area (Å²) in [4.78, 5) is 33.6. The number of hydrogen-bond acceptors (Lipinski definition) is 6. The first-order valence-corrected chi connectivity index (χ1v) is 7.47. The van der Waals surface area contributed by atoms with Gasteiger partial charge >= 0.3 is 5.97 Å². The minimum atomic E-state index is -0.647. The van der Waals surface area contributed by atoms with E-state index in [1.165, 1.54) is 25.3 Å². The van der Waals surface area contributed by atoms with Crippen LogP contribution in [0.5, 0.6) is 0 Å². The number of carbonyl (C=O) groups is 3. The van der Waals surface area contributed by atoms with E-state index < -0.39 is 12.0 Å². The van der Waals surface area contributed by atoms with Gasteiger partial charge in [-0.2, -0.15) is 0 Å². The molecule has 0 fully saturated rings. The normalized spacial score (nSPS) is 11.6. The Morgan fingerprint density at radius 3 is 2.65 bits per heavy atom. The molecule has 0 aliphatic heterocycles. The molecule has 0 aromatic heterocycles. The molecule has 0 saturated heterocycles. The van der Waals surface area contributed by atoms with E-state index >= 15 is 0 Å². The largest absolute Gasteiger partial charge is 0.465 e. The molecule has 0 aliphatic carbocycles. The molecule has 0 spiro atoms. The zero-order valence-corrected chi connectivity index (χ0v) is 13.2. The average molecular weight is 321 g/mol. The van der Waals surface area contributed by atoms with Crippen molar-refractivity contribution in [1.29, 1.82) is 0 Å². The highest BCUT2D eigenvalue weighted by atomic mass is 16.5. The highest BCUT2D eigenvalue weighted by molar-refractivity contribution is 5.99. The predicted octanol–water partition coefficient (Wildman–Crippen LogP) is 1.47. The van der Waals surface area contributed by atoms with E-state index in [-0.39, 0.29) is 11.6 Å². The van der Waals surface area contributed by atoms with Gasteiger partial charge in [-0.15, -0.1) is 0 Å². The summed E-state index contributed by atoms with van der Waals surface area (Å²) in [5.41, 5.74) is 12.6. The van der Waals surface area contributed by atoms with Crippen molar-refractivity contribution in [2.45, 2.75) is 38.1 Å². The fourth-order valence-electron chi connectivity index (χ4n) is 2.05. The summed E-state index contributed by atoms with van der Waals surface area (Å²) in [6.45, 7) is 0. The molecule has 0 heterocycles. The molecule has 1 aromatic rings. The second kappa shape index (κ2) is 9.58. The first-order valence-electron chi connectivity index (χ1n) is 7.47. The minimum absolute atomic E-state index is 0.263. The molecule has 1 amide bonds. The maximum absolute atomic E-state index is 12.0. The molecule has 0 bridgehead atoms. The second-order valence-corrected chi connectivity index (χ2v) is 5.19. The van der Waals surface area contributed by atoms with Crippen LogP contribution in [-0.4, -0.2) is 31.3 Å². The first kappa shape index (κ1) is 18.6. The molecule has 1 unspecified atom stereocenters. The lowest BCUT2D eigenvalue weighted by atomic mass is 10.1. The number of methoxy groups -OCH3 is 1. The molecule has 23 heavy (non-hydrogen) atoms. The van der Waals surface area contributed by atoms with Crippen molar-refractivity contribution in [3.8, 4) is 0 Å². The molecule has 1 rings (SSSR count). The number of unbranched alkanes of at least 4 members (excludes halogenated alkanes) is 3. The van der Waals surface area contributed by atoms with Crippen molar-refractivity contribution in [3.63, 3.8) is 0 Å². The Morgan fingerprint density at radius 1 is 1.30 bits per heavy atom. The summed E-state index contributed by atoms with van der Waals surface area (Å²) < 4.78 is 4.60. The van der Waals surface area contributed by atoms with E-state index in [0.717, 1.165) is 25.5 Å². The molecular formula is C16H23N3O4. The van der Waals surface area contributed by atoms with Crippen molar-refractivity contribution < 1.29 is 19.1 Å². The van der Waals surface area contributed by atoms with Gasteiger partial charge in [0.1, 0.15) is 6.29 Å². The lowest BCUT2D eigenvalue weighted by Crippen LogP contribution is -2.35. The molecular weight excluding hydrogens is 298 g/mol. The molecule has 0 saturated carbocycles. The number of carbonyl (C=O) groups excluding carboxylic acids is 3. The van der Waals surface area contributed by atoms with Gasteiger partial charge in [0.2, 0.25) is 5.91 Å². The number of aldehydes is 1. The van der Waals surface area contributed by atoms with Gasteiger partial charge in [0.25, 0.3) is 0 Å². The Labute approximate surface area is 135 Å². The number of hydrogen-bond donors (Lipinski definition) is 3. The van der Waals surface area contributed by atoms with Crippen LogP contribution in [0.25, 0.3) is 0 Å². The van der Waals surface area contributed by atoms with Crippen LogP contribution in [0.15, 0.2) is 18.2 Å². The maximum Gasteiger partial charge on any atom is 0.337 e. The third kappa shape index (κ3) is 6.07. The molecule has 5 N–H and O–H groups in total. The molecule has 0 aliphatic rings. The first-order chi connectivity index (χ1) is 11.0. The lowest BCUT2D eigenvalue weighted by molar-refractivity contribution is -0.117. The van der Waals surface area contributed by atoms with Crippen LogP contribution >= 0.6 is 0 Å². The number of ether oxygens (including phenoxy) is 1. The van der Waals surface area contributed by atoms with Crippen LogP contribution in [-0.2, 0) is 14.3 Å². The quantitative estimate of drug-likeness (QED) is 0.274. The van der Waals surface area contributed by atoms with E-state index in [1.807, 2.05) is 0 Å². The van der Waals surface area contributed by atoms with Gasteiger partial charge in [-0.05, 0) is 31.0 Å². The smallest absolute Gasteiger partial charge is 0.337 e. The Morgan fingerprint density at radius 2 is 2.04 bits per heavy atom. The van der Waals surface area contributed by atoms with Crippen LogP contribution in [0, 0.1) is 0 Å². The van der Waals surface area contributed by atoms with Crippen LogP contribution in [0.3, 0.4) is 0 Å². The second-order valence-electron chi connectivity index (χ2n) is 5.19. The van der Waals surface area contributed by atoms with E-state index in [4.69, 9.17) is 11.5 Å². The van der Waals surface area contributed by atoms with Crippen molar-refractivity contribution in [2.75, 3.05) is 18.2 Å². The number of esters is 1. The van der Waals surface area contributed by atoms with E-state index in [9.17, 15) is 14.4 Å². The minimum Gasteiger partial charge on any atom is -0.465 e. The van der Waals surface area contributed by atoms with Gasteiger partial charge in [0.15, 0.2) is 0 Å². The summed E-state index contributed by atoms with van der Waals surface area (Å²) in [5.74, 6) is -0.834. The number of benzene rings is 1. The molecule has 7 nitrogen and oxygen atoms in total. The van der Waals surface area contributed by atoms with Gasteiger partial charge in [-0.25, -0.2) is 4.79 Å². The molecule has 1 atom stereocenters. The Balaban J connectivity index is 2.53. The number of nitrogen functional groups attached to an aromatic ring is 1. The molecule has 7 heteroatoms. The van der Waals surface area contributed by atoms with Crippen LogP contribution < -0.4 is 16.8 Å². The van der Waals surface area contributed by atoms with Crippen molar-refractivity contribution in [2.24, 2.45) is 5.73 Å². The number of anilines is 2. The van der Waals surface area contributed by atoms with Gasteiger partial charge in [-0.1, -0.05) is 12.8 Å². The zero-order valence-electron chi connectivity index (χ0n) is 13.2. The summed E-state index contributed by atoms with van der Waals surface area (Å²) >= 11 is 0. The zero-order chi connectivity index (χ0) is 17.2. The van der Waals surface area contributed by atoms with Crippen LogP contribution in [0.2, 0.25) is 0 Å². The highest BCUT2D eigenvalue weighted by Gasteiger charge is 2.15. The number of nitrogens with one attached hydrogen (secondary N) is 1. The lowest BCUT2D eigenvalue weighted by Gasteiger charge is -2.14. The molecule has 0 radical (unpaired) electrons.